The number of aromatic amines is 2. The fraction of sp³-hybridized carbons (Fsp3) is 0.333. The number of hydrogen-bond donors (Lipinski definition) is 2. The fourth-order valence-corrected chi connectivity index (χ4v) is 6.22. The lowest BCUT2D eigenvalue weighted by Crippen LogP contribution is -2.44. The summed E-state index contributed by atoms with van der Waals surface area (Å²) in [5, 5.41) is 11.8. The van der Waals surface area contributed by atoms with E-state index in [1.807, 2.05) is 58.3 Å². The van der Waals surface area contributed by atoms with Crippen LogP contribution in [0.2, 0.25) is 0 Å². The number of rotatable bonds is 2. The standard InChI is InChI=1S/C24H22N6O2.2H2/c31-23(14-5-6-20-21(8-14)27-28-26-20)29-9-15-16(10-29)18-12-30(11-17(15)18)24(32)22-7-13-3-1-2-4-19(13)25-22;;/h1-8,15-18,25H,9-12H2,(H,26,27,28);2*1H/t15-,16+,17?,18?;;. The smallest absolute Gasteiger partial charge is 0.270 e. The number of para-hydroxylation sites is 1. The van der Waals surface area contributed by atoms with E-state index in [1.54, 1.807) is 0 Å². The normalized spacial score (nSPS) is 26.4. The van der Waals surface area contributed by atoms with Gasteiger partial charge in [0.2, 0.25) is 0 Å². The maximum Gasteiger partial charge on any atom is 0.270 e. The van der Waals surface area contributed by atoms with Gasteiger partial charge in [0.25, 0.3) is 11.8 Å². The Balaban J connectivity index is 0.00000120. The molecule has 0 bridgehead atoms. The number of nitrogens with one attached hydrogen (secondary N) is 2. The molecule has 4 heterocycles. The highest BCUT2D eigenvalue weighted by molar-refractivity contribution is 5.98. The molecule has 4 aromatic rings. The summed E-state index contributed by atoms with van der Waals surface area (Å²) in [5.41, 5.74) is 3.79. The quantitative estimate of drug-likeness (QED) is 0.511. The van der Waals surface area contributed by atoms with E-state index in [9.17, 15) is 9.59 Å². The maximum absolute atomic E-state index is 13.1. The van der Waals surface area contributed by atoms with Crippen LogP contribution in [0.25, 0.3) is 21.9 Å². The minimum atomic E-state index is 0. The summed E-state index contributed by atoms with van der Waals surface area (Å²) in [4.78, 5) is 33.5. The lowest BCUT2D eigenvalue weighted by molar-refractivity contribution is 0.0629. The van der Waals surface area contributed by atoms with E-state index < -0.39 is 0 Å². The van der Waals surface area contributed by atoms with Crippen LogP contribution in [-0.2, 0) is 0 Å². The van der Waals surface area contributed by atoms with Gasteiger partial charge in [0.1, 0.15) is 16.7 Å². The zero-order valence-electron chi connectivity index (χ0n) is 17.4. The van der Waals surface area contributed by atoms with Crippen LogP contribution in [-0.4, -0.2) is 68.2 Å². The van der Waals surface area contributed by atoms with Gasteiger partial charge in [0.15, 0.2) is 0 Å². The number of likely N-dealkylation sites (tertiary alicyclic amines) is 2. The predicted octanol–water partition coefficient (Wildman–Crippen LogP) is 3.02. The van der Waals surface area contributed by atoms with Gasteiger partial charge in [-0.2, -0.15) is 15.4 Å². The number of H-pyrrole nitrogens is 2. The average Bonchev–Trinajstić information content (AvgIpc) is 3.59. The second kappa shape index (κ2) is 6.41. The first-order chi connectivity index (χ1) is 15.7. The lowest BCUT2D eigenvalue weighted by atomic mass is 9.60. The number of hydrogen-bond acceptors (Lipinski definition) is 4. The molecular formula is C24H26N6O2. The summed E-state index contributed by atoms with van der Waals surface area (Å²) in [6.45, 7) is 3.12. The Morgan fingerprint density at radius 2 is 1.47 bits per heavy atom. The summed E-state index contributed by atoms with van der Waals surface area (Å²) >= 11 is 0. The highest BCUT2D eigenvalue weighted by Gasteiger charge is 2.59. The Bertz CT molecular complexity index is 1310. The summed E-state index contributed by atoms with van der Waals surface area (Å²) in [5.74, 6) is 2.10. The van der Waals surface area contributed by atoms with Crippen LogP contribution >= 0.6 is 0 Å². The van der Waals surface area contributed by atoms with E-state index in [0.29, 0.717) is 40.4 Å². The summed E-state index contributed by atoms with van der Waals surface area (Å²) in [6.07, 6.45) is 0. The van der Waals surface area contributed by atoms with Crippen molar-refractivity contribution in [3.8, 4) is 0 Å². The molecule has 2 unspecified atom stereocenters. The van der Waals surface area contributed by atoms with Crippen molar-refractivity contribution >= 4 is 33.8 Å². The van der Waals surface area contributed by atoms with Crippen molar-refractivity contribution in [3.05, 3.63) is 59.8 Å². The minimum absolute atomic E-state index is 0. The molecule has 3 aliphatic rings. The zero-order valence-corrected chi connectivity index (χ0v) is 17.4. The molecule has 164 valence electrons. The van der Waals surface area contributed by atoms with Gasteiger partial charge in [-0.05, 0) is 54.0 Å². The van der Waals surface area contributed by atoms with Crippen molar-refractivity contribution in [2.75, 3.05) is 26.2 Å². The highest BCUT2D eigenvalue weighted by atomic mass is 16.2. The van der Waals surface area contributed by atoms with Crippen LogP contribution in [0.3, 0.4) is 0 Å². The van der Waals surface area contributed by atoms with Crippen LogP contribution in [0.4, 0.5) is 0 Å². The molecular weight excluding hydrogens is 404 g/mol. The van der Waals surface area contributed by atoms with Crippen LogP contribution in [0.15, 0.2) is 48.5 Å². The molecule has 2 N–H and O–H groups in total. The topological polar surface area (TPSA) is 98.0 Å². The largest absolute Gasteiger partial charge is 0.351 e. The molecule has 8 heteroatoms. The third-order valence-corrected chi connectivity index (χ3v) is 7.82. The van der Waals surface area contributed by atoms with Crippen molar-refractivity contribution in [1.82, 2.24) is 30.2 Å². The number of benzene rings is 2. The van der Waals surface area contributed by atoms with Gasteiger partial charge in [-0.25, -0.2) is 0 Å². The maximum atomic E-state index is 13.1. The third kappa shape index (κ3) is 2.49. The van der Waals surface area contributed by atoms with Gasteiger partial charge in [-0.1, -0.05) is 18.2 Å². The van der Waals surface area contributed by atoms with Gasteiger partial charge in [-0.3, -0.25) is 9.59 Å². The molecule has 2 aliphatic heterocycles. The third-order valence-electron chi connectivity index (χ3n) is 7.82. The van der Waals surface area contributed by atoms with Crippen molar-refractivity contribution in [1.29, 1.82) is 0 Å². The molecule has 1 aliphatic carbocycles. The second-order valence-corrected chi connectivity index (χ2v) is 9.37. The molecule has 7 rings (SSSR count). The Labute approximate surface area is 186 Å². The SMILES string of the molecule is O=C(c1ccc2n[nH]nc2c1)N1C[C@@H]2C3CN(C(=O)c4cc5ccccc5[nH]4)CC3[C@@H]2C1.[HH].[HH]. The van der Waals surface area contributed by atoms with E-state index in [2.05, 4.69) is 20.4 Å². The minimum Gasteiger partial charge on any atom is -0.351 e. The lowest BCUT2D eigenvalue weighted by Gasteiger charge is -2.42. The van der Waals surface area contributed by atoms with Gasteiger partial charge < -0.3 is 14.8 Å². The van der Waals surface area contributed by atoms with Gasteiger partial charge in [0.05, 0.1) is 0 Å². The number of nitrogens with zero attached hydrogens (tertiary/aromatic N) is 4. The molecule has 2 saturated heterocycles. The molecule has 2 aromatic carbocycles. The van der Waals surface area contributed by atoms with Crippen molar-refractivity contribution < 1.29 is 12.4 Å². The van der Waals surface area contributed by atoms with Crippen LogP contribution in [0.1, 0.15) is 23.7 Å². The van der Waals surface area contributed by atoms with Crippen molar-refractivity contribution in [2.24, 2.45) is 23.7 Å². The highest BCUT2D eigenvalue weighted by Crippen LogP contribution is 2.54. The van der Waals surface area contributed by atoms with Gasteiger partial charge in [-0.15, -0.1) is 0 Å². The van der Waals surface area contributed by atoms with E-state index in [1.165, 1.54) is 0 Å². The zero-order chi connectivity index (χ0) is 21.4. The molecule has 4 atom stereocenters. The number of carbonyl (C=O) groups is 2. The first kappa shape index (κ1) is 17.9. The molecule has 8 nitrogen and oxygen atoms in total. The van der Waals surface area contributed by atoms with Crippen LogP contribution < -0.4 is 0 Å². The molecule has 0 spiro atoms. The Hall–Kier alpha value is -3.68. The molecule has 32 heavy (non-hydrogen) atoms. The van der Waals surface area contributed by atoms with Crippen molar-refractivity contribution in [2.45, 2.75) is 0 Å². The molecule has 1 saturated carbocycles. The van der Waals surface area contributed by atoms with Gasteiger partial charge >= 0.3 is 0 Å². The predicted molar refractivity (Wildman–Crippen MR) is 122 cm³/mol. The first-order valence-electron chi connectivity index (χ1n) is 11.1. The fourth-order valence-electron chi connectivity index (χ4n) is 6.22. The molecule has 0 radical (unpaired) electrons. The van der Waals surface area contributed by atoms with E-state index in [0.717, 1.165) is 42.6 Å². The van der Waals surface area contributed by atoms with Gasteiger partial charge in [0, 0.05) is 45.5 Å². The second-order valence-electron chi connectivity index (χ2n) is 9.37. The molecule has 2 amide bonds. The number of carbonyl (C=O) groups excluding carboxylic acids is 2. The molecule has 3 fully saturated rings. The number of aromatic nitrogens is 4. The first-order valence-corrected chi connectivity index (χ1v) is 11.1. The van der Waals surface area contributed by atoms with E-state index in [4.69, 9.17) is 0 Å². The monoisotopic (exact) mass is 430 g/mol. The number of fused-ring (bicyclic) bond motifs is 6. The van der Waals surface area contributed by atoms with Crippen LogP contribution in [0.5, 0.6) is 0 Å². The molecule has 2 aromatic heterocycles. The van der Waals surface area contributed by atoms with Crippen molar-refractivity contribution in [3.63, 3.8) is 0 Å². The van der Waals surface area contributed by atoms with E-state index >= 15 is 0 Å². The van der Waals surface area contributed by atoms with E-state index in [-0.39, 0.29) is 14.7 Å². The summed E-state index contributed by atoms with van der Waals surface area (Å²) in [7, 11) is 0. The summed E-state index contributed by atoms with van der Waals surface area (Å²) in [6, 6.07) is 15.4. The Kier molecular flexibility index (Phi) is 3.60. The average molecular weight is 431 g/mol. The Morgan fingerprint density at radius 3 is 2.19 bits per heavy atom. The summed E-state index contributed by atoms with van der Waals surface area (Å²) < 4.78 is 0. The number of amides is 2. The Morgan fingerprint density at radius 1 is 0.812 bits per heavy atom. The van der Waals surface area contributed by atoms with Crippen LogP contribution in [0, 0.1) is 23.7 Å².